The van der Waals surface area contributed by atoms with Gasteiger partial charge < -0.3 is 0 Å². The lowest BCUT2D eigenvalue weighted by Crippen LogP contribution is -2.32. The first-order valence-corrected chi connectivity index (χ1v) is 10.7. The molecule has 2 aromatic carbocycles. The first-order chi connectivity index (χ1) is 13.3. The highest BCUT2D eigenvalue weighted by molar-refractivity contribution is 5.92. The van der Waals surface area contributed by atoms with Crippen molar-refractivity contribution >= 4 is 10.9 Å². The molecule has 28 heavy (non-hydrogen) atoms. The minimum atomic E-state index is 0.129. The van der Waals surface area contributed by atoms with E-state index in [1.54, 1.807) is 0 Å². The Morgan fingerprint density at radius 2 is 1.71 bits per heavy atom. The zero-order valence-electron chi connectivity index (χ0n) is 18.3. The molecule has 0 amide bonds. The third kappa shape index (κ3) is 3.34. The Morgan fingerprint density at radius 3 is 2.39 bits per heavy atom. The highest BCUT2D eigenvalue weighted by Crippen LogP contribution is 2.37. The molecule has 2 heteroatoms. The van der Waals surface area contributed by atoms with Crippen molar-refractivity contribution in [2.45, 2.75) is 71.6 Å². The summed E-state index contributed by atoms with van der Waals surface area (Å²) < 4.78 is 2.19. The average molecular weight is 374 g/mol. The maximum absolute atomic E-state index is 4.79. The molecule has 0 unspecified atom stereocenters. The number of aryl methyl sites for hydroxylation is 2. The van der Waals surface area contributed by atoms with Crippen LogP contribution in [0.25, 0.3) is 22.2 Å². The van der Waals surface area contributed by atoms with E-state index in [1.165, 1.54) is 64.6 Å². The van der Waals surface area contributed by atoms with Crippen molar-refractivity contribution in [1.29, 1.82) is 0 Å². The molecule has 3 aromatic rings. The molecule has 1 aromatic heterocycles. The van der Waals surface area contributed by atoms with Crippen LogP contribution >= 0.6 is 0 Å². The van der Waals surface area contributed by atoms with Crippen molar-refractivity contribution in [3.63, 3.8) is 0 Å². The monoisotopic (exact) mass is 373 g/mol. The summed E-state index contributed by atoms with van der Waals surface area (Å²) in [6.45, 7) is 11.4. The van der Waals surface area contributed by atoms with Crippen molar-refractivity contribution < 1.29 is 4.57 Å². The Hall–Kier alpha value is -2.22. The Bertz CT molecular complexity index is 1030. The van der Waals surface area contributed by atoms with Crippen LogP contribution in [0.3, 0.4) is 0 Å². The number of aromatic nitrogens is 2. The lowest BCUT2D eigenvalue weighted by atomic mass is 9.83. The van der Waals surface area contributed by atoms with Crippen LogP contribution < -0.4 is 4.57 Å². The van der Waals surface area contributed by atoms with Gasteiger partial charge in [-0.05, 0) is 83.5 Å². The van der Waals surface area contributed by atoms with E-state index in [2.05, 4.69) is 76.6 Å². The highest BCUT2D eigenvalue weighted by atomic mass is 15.0. The summed E-state index contributed by atoms with van der Waals surface area (Å²) in [7, 11) is 2.12. The zero-order valence-corrected chi connectivity index (χ0v) is 18.3. The SMILES string of the molecule is Cc1cc(C(C)(C)C)cc(-c2c3ccc(C4CCCC4)cc3nc[n+]2C)c1C. The molecule has 0 N–H and O–H groups in total. The maximum atomic E-state index is 4.79. The molecule has 1 aliphatic carbocycles. The summed E-state index contributed by atoms with van der Waals surface area (Å²) in [4.78, 5) is 4.79. The maximum Gasteiger partial charge on any atom is 0.287 e. The van der Waals surface area contributed by atoms with Gasteiger partial charge in [0.25, 0.3) is 6.33 Å². The Kier molecular flexibility index (Phi) is 4.77. The average Bonchev–Trinajstić information content (AvgIpc) is 3.18. The van der Waals surface area contributed by atoms with Crippen LogP contribution in [-0.4, -0.2) is 4.98 Å². The molecule has 1 heterocycles. The molecule has 0 radical (unpaired) electrons. The Morgan fingerprint density at radius 1 is 1.00 bits per heavy atom. The fraction of sp³-hybridized carbons (Fsp3) is 0.462. The quantitative estimate of drug-likeness (QED) is 0.482. The highest BCUT2D eigenvalue weighted by Gasteiger charge is 2.23. The molecule has 0 spiro atoms. The van der Waals surface area contributed by atoms with Crippen LogP contribution in [-0.2, 0) is 12.5 Å². The third-order valence-electron chi connectivity index (χ3n) is 6.61. The molecule has 1 fully saturated rings. The minimum Gasteiger partial charge on any atom is -0.232 e. The minimum absolute atomic E-state index is 0.129. The second-order valence-electron chi connectivity index (χ2n) is 9.68. The van der Waals surface area contributed by atoms with Crippen LogP contribution in [0.4, 0.5) is 0 Å². The number of nitrogens with zero attached hydrogens (tertiary/aromatic N) is 2. The topological polar surface area (TPSA) is 16.8 Å². The summed E-state index contributed by atoms with van der Waals surface area (Å²) in [5.74, 6) is 0.719. The van der Waals surface area contributed by atoms with Crippen molar-refractivity contribution in [3.8, 4) is 11.3 Å². The Labute approximate surface area is 169 Å². The predicted molar refractivity (Wildman–Crippen MR) is 118 cm³/mol. The number of hydrogen-bond acceptors (Lipinski definition) is 1. The smallest absolute Gasteiger partial charge is 0.232 e. The zero-order chi connectivity index (χ0) is 20.1. The van der Waals surface area contributed by atoms with Crippen molar-refractivity contribution in [2.24, 2.45) is 7.05 Å². The number of benzene rings is 2. The molecule has 146 valence electrons. The van der Waals surface area contributed by atoms with Crippen LogP contribution in [0.2, 0.25) is 0 Å². The fourth-order valence-corrected chi connectivity index (χ4v) is 4.64. The largest absolute Gasteiger partial charge is 0.287 e. The fourth-order valence-electron chi connectivity index (χ4n) is 4.64. The molecule has 2 nitrogen and oxygen atoms in total. The number of rotatable bonds is 2. The van der Waals surface area contributed by atoms with Crippen LogP contribution in [0.15, 0.2) is 36.7 Å². The van der Waals surface area contributed by atoms with E-state index in [4.69, 9.17) is 4.98 Å². The molecular formula is C26H33N2+. The molecule has 1 saturated carbocycles. The molecule has 1 aliphatic rings. The van der Waals surface area contributed by atoms with Gasteiger partial charge in [-0.25, -0.2) is 4.57 Å². The first kappa shape index (κ1) is 19.1. The van der Waals surface area contributed by atoms with E-state index in [0.717, 1.165) is 11.4 Å². The molecule has 0 saturated heterocycles. The van der Waals surface area contributed by atoms with E-state index < -0.39 is 0 Å². The second kappa shape index (κ2) is 6.99. The van der Waals surface area contributed by atoms with Gasteiger partial charge in [0.2, 0.25) is 0 Å². The van der Waals surface area contributed by atoms with Gasteiger partial charge >= 0.3 is 0 Å². The van der Waals surface area contributed by atoms with E-state index in [0.29, 0.717) is 0 Å². The lowest BCUT2D eigenvalue weighted by molar-refractivity contribution is -0.662. The number of hydrogen-bond donors (Lipinski definition) is 0. The standard InChI is InChI=1S/C26H33N2/c1-17-13-21(26(3,4)5)15-23(18(17)2)25-22-12-11-20(19-9-7-8-10-19)14-24(22)27-16-28(25)6/h11-16,19H,7-10H2,1-6H3/q+1. The van der Waals surface area contributed by atoms with E-state index in [1.807, 2.05) is 6.33 Å². The summed E-state index contributed by atoms with van der Waals surface area (Å²) in [6, 6.07) is 11.7. The molecule has 0 bridgehead atoms. The van der Waals surface area contributed by atoms with Gasteiger partial charge in [-0.2, -0.15) is 0 Å². The van der Waals surface area contributed by atoms with Crippen LogP contribution in [0.1, 0.15) is 74.6 Å². The molecular weight excluding hydrogens is 340 g/mol. The van der Waals surface area contributed by atoms with Crippen molar-refractivity contribution in [3.05, 3.63) is 58.9 Å². The summed E-state index contributed by atoms with van der Waals surface area (Å²) in [5, 5.41) is 1.25. The van der Waals surface area contributed by atoms with E-state index >= 15 is 0 Å². The van der Waals surface area contributed by atoms with Crippen LogP contribution in [0, 0.1) is 13.8 Å². The van der Waals surface area contributed by atoms with Crippen LogP contribution in [0.5, 0.6) is 0 Å². The predicted octanol–water partition coefficient (Wildman–Crippen LogP) is 6.30. The van der Waals surface area contributed by atoms with Gasteiger partial charge in [-0.15, -0.1) is 0 Å². The van der Waals surface area contributed by atoms with Crippen molar-refractivity contribution in [2.75, 3.05) is 0 Å². The lowest BCUT2D eigenvalue weighted by Gasteiger charge is -2.22. The van der Waals surface area contributed by atoms with E-state index in [9.17, 15) is 0 Å². The first-order valence-electron chi connectivity index (χ1n) is 10.7. The van der Waals surface area contributed by atoms with Gasteiger partial charge in [-0.3, -0.25) is 0 Å². The summed E-state index contributed by atoms with van der Waals surface area (Å²) in [5.41, 5.74) is 9.42. The van der Waals surface area contributed by atoms with E-state index in [-0.39, 0.29) is 5.41 Å². The third-order valence-corrected chi connectivity index (χ3v) is 6.61. The van der Waals surface area contributed by atoms with Gasteiger partial charge in [0.05, 0.1) is 12.4 Å². The molecule has 4 rings (SSSR count). The molecule has 0 atom stereocenters. The summed E-state index contributed by atoms with van der Waals surface area (Å²) in [6.07, 6.45) is 7.36. The van der Waals surface area contributed by atoms with Gasteiger partial charge in [0.15, 0.2) is 5.52 Å². The normalized spacial score (nSPS) is 15.5. The second-order valence-corrected chi connectivity index (χ2v) is 9.68. The van der Waals surface area contributed by atoms with Gasteiger partial charge in [0.1, 0.15) is 5.69 Å². The molecule has 0 aliphatic heterocycles. The van der Waals surface area contributed by atoms with Crippen molar-refractivity contribution in [1.82, 2.24) is 4.98 Å². The van der Waals surface area contributed by atoms with Gasteiger partial charge in [0, 0.05) is 5.56 Å². The summed E-state index contributed by atoms with van der Waals surface area (Å²) >= 11 is 0. The number of fused-ring (bicyclic) bond motifs is 1. The Balaban J connectivity index is 1.93. The van der Waals surface area contributed by atoms with Gasteiger partial charge in [-0.1, -0.05) is 45.7 Å².